The molecule has 2 N–H and O–H groups in total. The van der Waals surface area contributed by atoms with E-state index in [-0.39, 0.29) is 12.0 Å². The van der Waals surface area contributed by atoms with Crippen LogP contribution < -0.4 is 10.6 Å². The molecular formula is C13H18N2O2. The predicted octanol–water partition coefficient (Wildman–Crippen LogP) is 1.78. The van der Waals surface area contributed by atoms with Gasteiger partial charge in [0.25, 0.3) is 0 Å². The summed E-state index contributed by atoms with van der Waals surface area (Å²) >= 11 is 0. The Labute approximate surface area is 101 Å². The number of rotatable bonds is 3. The number of nitrogens with zero attached hydrogens (tertiary/aromatic N) is 1. The number of nitrogens with two attached hydrogens (primary N) is 1. The van der Waals surface area contributed by atoms with Crippen LogP contribution in [0.15, 0.2) is 24.3 Å². The fourth-order valence-corrected chi connectivity index (χ4v) is 1.92. The molecule has 1 atom stereocenters. The normalized spacial score (nSPS) is 20.2. The van der Waals surface area contributed by atoms with Gasteiger partial charge in [-0.25, -0.2) is 4.79 Å². The van der Waals surface area contributed by atoms with Crippen molar-refractivity contribution in [2.75, 3.05) is 24.6 Å². The number of cyclic esters (lactones) is 1. The minimum Gasteiger partial charge on any atom is -0.449 e. The quantitative estimate of drug-likeness (QED) is 0.867. The zero-order valence-electron chi connectivity index (χ0n) is 10.1. The monoisotopic (exact) mass is 234 g/mol. The fraction of sp³-hybridized carbons (Fsp3) is 0.462. The van der Waals surface area contributed by atoms with Gasteiger partial charge in [-0.2, -0.15) is 0 Å². The van der Waals surface area contributed by atoms with E-state index in [9.17, 15) is 4.79 Å². The minimum absolute atomic E-state index is 0.221. The van der Waals surface area contributed by atoms with Gasteiger partial charge in [0.2, 0.25) is 0 Å². The number of aryl methyl sites for hydroxylation is 1. The lowest BCUT2D eigenvalue weighted by atomic mass is 10.1. The molecule has 1 heterocycles. The molecule has 1 aromatic carbocycles. The molecule has 1 unspecified atom stereocenters. The van der Waals surface area contributed by atoms with Crippen molar-refractivity contribution in [1.29, 1.82) is 0 Å². The smallest absolute Gasteiger partial charge is 0.414 e. The standard InChI is InChI=1S/C13H18N2O2/c1-2-10-3-5-12(6-4-10)15-8-11(7-14)9-17-13(15)16/h3-6,11H,2,7-9,14H2,1H3. The highest BCUT2D eigenvalue weighted by molar-refractivity contribution is 5.88. The van der Waals surface area contributed by atoms with E-state index in [0.717, 1.165) is 12.1 Å². The molecule has 0 radical (unpaired) electrons. The second-order valence-corrected chi connectivity index (χ2v) is 4.31. The molecule has 0 spiro atoms. The zero-order chi connectivity index (χ0) is 12.3. The number of hydrogen-bond acceptors (Lipinski definition) is 3. The van der Waals surface area contributed by atoms with E-state index >= 15 is 0 Å². The van der Waals surface area contributed by atoms with Crippen molar-refractivity contribution in [2.24, 2.45) is 11.7 Å². The van der Waals surface area contributed by atoms with Crippen molar-refractivity contribution in [1.82, 2.24) is 0 Å². The number of carbonyl (C=O) groups excluding carboxylic acids is 1. The summed E-state index contributed by atoms with van der Waals surface area (Å²) in [5.74, 6) is 0.221. The molecule has 1 fully saturated rings. The van der Waals surface area contributed by atoms with E-state index in [1.807, 2.05) is 24.3 Å². The minimum atomic E-state index is -0.279. The Morgan fingerprint density at radius 1 is 1.41 bits per heavy atom. The lowest BCUT2D eigenvalue weighted by Crippen LogP contribution is -2.45. The largest absolute Gasteiger partial charge is 0.449 e. The Hall–Kier alpha value is -1.55. The summed E-state index contributed by atoms with van der Waals surface area (Å²) in [7, 11) is 0. The number of hydrogen-bond donors (Lipinski definition) is 1. The molecule has 1 aliphatic rings. The number of amides is 1. The molecular weight excluding hydrogens is 216 g/mol. The van der Waals surface area contributed by atoms with Gasteiger partial charge in [-0.3, -0.25) is 4.90 Å². The SMILES string of the molecule is CCc1ccc(N2CC(CN)COC2=O)cc1. The molecule has 0 bridgehead atoms. The highest BCUT2D eigenvalue weighted by Gasteiger charge is 2.27. The molecule has 4 heteroatoms. The molecule has 0 aromatic heterocycles. The van der Waals surface area contributed by atoms with Crippen molar-refractivity contribution >= 4 is 11.8 Å². The van der Waals surface area contributed by atoms with Crippen LogP contribution in [0.4, 0.5) is 10.5 Å². The van der Waals surface area contributed by atoms with Gasteiger partial charge in [0.15, 0.2) is 0 Å². The number of benzene rings is 1. The Balaban J connectivity index is 2.15. The van der Waals surface area contributed by atoms with Gasteiger partial charge in [0.05, 0.1) is 6.61 Å². The van der Waals surface area contributed by atoms with Crippen LogP contribution in [0.25, 0.3) is 0 Å². The molecule has 1 aliphatic heterocycles. The van der Waals surface area contributed by atoms with Crippen molar-refractivity contribution in [3.8, 4) is 0 Å². The summed E-state index contributed by atoms with van der Waals surface area (Å²) in [5, 5.41) is 0. The van der Waals surface area contributed by atoms with Crippen molar-refractivity contribution in [3.05, 3.63) is 29.8 Å². The van der Waals surface area contributed by atoms with Crippen LogP contribution >= 0.6 is 0 Å². The van der Waals surface area contributed by atoms with Gasteiger partial charge in [-0.1, -0.05) is 19.1 Å². The molecule has 0 saturated carbocycles. The number of ether oxygens (including phenoxy) is 1. The van der Waals surface area contributed by atoms with E-state index in [1.165, 1.54) is 5.56 Å². The highest BCUT2D eigenvalue weighted by Crippen LogP contribution is 2.21. The number of anilines is 1. The Bertz CT molecular complexity index is 389. The van der Waals surface area contributed by atoms with Gasteiger partial charge in [-0.05, 0) is 24.1 Å². The van der Waals surface area contributed by atoms with Crippen LogP contribution in [0.3, 0.4) is 0 Å². The molecule has 2 rings (SSSR count). The van der Waals surface area contributed by atoms with Crippen LogP contribution in [0.2, 0.25) is 0 Å². The first-order chi connectivity index (χ1) is 8.24. The Morgan fingerprint density at radius 2 is 2.12 bits per heavy atom. The summed E-state index contributed by atoms with van der Waals surface area (Å²) in [4.78, 5) is 13.3. The maximum Gasteiger partial charge on any atom is 0.414 e. The van der Waals surface area contributed by atoms with Crippen LogP contribution in [-0.2, 0) is 11.2 Å². The van der Waals surface area contributed by atoms with E-state index in [0.29, 0.717) is 19.7 Å². The summed E-state index contributed by atoms with van der Waals surface area (Å²) < 4.78 is 5.11. The first-order valence-electron chi connectivity index (χ1n) is 5.98. The summed E-state index contributed by atoms with van der Waals surface area (Å²) in [6, 6.07) is 7.99. The fourth-order valence-electron chi connectivity index (χ4n) is 1.92. The summed E-state index contributed by atoms with van der Waals surface area (Å²) in [5.41, 5.74) is 7.76. The first-order valence-corrected chi connectivity index (χ1v) is 5.98. The van der Waals surface area contributed by atoms with Gasteiger partial charge in [-0.15, -0.1) is 0 Å². The maximum absolute atomic E-state index is 11.7. The van der Waals surface area contributed by atoms with Crippen LogP contribution in [0, 0.1) is 5.92 Å². The average molecular weight is 234 g/mol. The Kier molecular flexibility index (Phi) is 3.64. The second-order valence-electron chi connectivity index (χ2n) is 4.31. The second kappa shape index (κ2) is 5.19. The van der Waals surface area contributed by atoms with Crippen molar-refractivity contribution < 1.29 is 9.53 Å². The maximum atomic E-state index is 11.7. The number of carbonyl (C=O) groups is 1. The molecule has 1 amide bonds. The molecule has 17 heavy (non-hydrogen) atoms. The van der Waals surface area contributed by atoms with Crippen LogP contribution in [0.1, 0.15) is 12.5 Å². The van der Waals surface area contributed by atoms with Crippen molar-refractivity contribution in [3.63, 3.8) is 0 Å². The third kappa shape index (κ3) is 2.58. The predicted molar refractivity (Wildman–Crippen MR) is 67.1 cm³/mol. The van der Waals surface area contributed by atoms with Gasteiger partial charge >= 0.3 is 6.09 Å². The highest BCUT2D eigenvalue weighted by atomic mass is 16.6. The first kappa shape index (κ1) is 11.9. The van der Waals surface area contributed by atoms with Gasteiger partial charge < -0.3 is 10.5 Å². The van der Waals surface area contributed by atoms with Crippen LogP contribution in [-0.4, -0.2) is 25.8 Å². The van der Waals surface area contributed by atoms with Crippen LogP contribution in [0.5, 0.6) is 0 Å². The lowest BCUT2D eigenvalue weighted by molar-refractivity contribution is 0.117. The van der Waals surface area contributed by atoms with E-state index in [2.05, 4.69) is 6.92 Å². The van der Waals surface area contributed by atoms with E-state index < -0.39 is 0 Å². The third-order valence-electron chi connectivity index (χ3n) is 3.09. The Morgan fingerprint density at radius 3 is 2.71 bits per heavy atom. The zero-order valence-corrected chi connectivity index (χ0v) is 10.1. The topological polar surface area (TPSA) is 55.6 Å². The molecule has 1 saturated heterocycles. The molecule has 92 valence electrons. The van der Waals surface area contributed by atoms with E-state index in [4.69, 9.17) is 10.5 Å². The van der Waals surface area contributed by atoms with Gasteiger partial charge in [0, 0.05) is 24.7 Å². The lowest BCUT2D eigenvalue weighted by Gasteiger charge is -2.31. The average Bonchev–Trinajstić information content (AvgIpc) is 2.39. The van der Waals surface area contributed by atoms with Gasteiger partial charge in [0.1, 0.15) is 0 Å². The summed E-state index contributed by atoms with van der Waals surface area (Å²) in [6.07, 6.45) is 0.717. The molecule has 0 aliphatic carbocycles. The molecule has 4 nitrogen and oxygen atoms in total. The van der Waals surface area contributed by atoms with Crippen molar-refractivity contribution in [2.45, 2.75) is 13.3 Å². The molecule has 1 aromatic rings. The summed E-state index contributed by atoms with van der Waals surface area (Å²) in [6.45, 7) is 3.71. The van der Waals surface area contributed by atoms with E-state index in [1.54, 1.807) is 4.90 Å². The third-order valence-corrected chi connectivity index (χ3v) is 3.09.